The van der Waals surface area contributed by atoms with E-state index in [1.807, 2.05) is 13.0 Å². The average Bonchev–Trinajstić information content (AvgIpc) is 2.84. The molecule has 1 atom stereocenters. The first-order chi connectivity index (χ1) is 17.6. The minimum absolute atomic E-state index is 0.00467. The third-order valence-corrected chi connectivity index (χ3v) is 8.25. The van der Waals surface area contributed by atoms with Crippen molar-refractivity contribution < 1.29 is 13.2 Å². The van der Waals surface area contributed by atoms with Gasteiger partial charge >= 0.3 is 0 Å². The molecule has 10 nitrogen and oxygen atoms in total. The van der Waals surface area contributed by atoms with Crippen molar-refractivity contribution in [3.8, 4) is 0 Å². The minimum atomic E-state index is -3.91. The molecule has 1 unspecified atom stereocenters. The number of hydrogen-bond donors (Lipinski definition) is 2. The molecular weight excluding hydrogens is 512 g/mol. The molecule has 4 rings (SSSR count). The van der Waals surface area contributed by atoms with Crippen LogP contribution in [0.2, 0.25) is 0 Å². The van der Waals surface area contributed by atoms with Gasteiger partial charge in [0.25, 0.3) is 15.6 Å². The number of anilines is 2. The van der Waals surface area contributed by atoms with E-state index in [2.05, 4.69) is 25.0 Å². The maximum absolute atomic E-state index is 13.0. The van der Waals surface area contributed by atoms with Gasteiger partial charge in [0.05, 0.1) is 21.0 Å². The molecule has 0 saturated heterocycles. The van der Waals surface area contributed by atoms with Crippen LogP contribution in [0.3, 0.4) is 0 Å². The predicted octanol–water partition coefficient (Wildman–Crippen LogP) is 3.65. The van der Waals surface area contributed by atoms with Crippen molar-refractivity contribution in [3.63, 3.8) is 0 Å². The number of fused-ring (bicyclic) bond motifs is 1. The first-order valence-corrected chi connectivity index (χ1v) is 13.8. The van der Waals surface area contributed by atoms with Crippen LogP contribution in [0.15, 0.2) is 69.4 Å². The van der Waals surface area contributed by atoms with Gasteiger partial charge in [0.1, 0.15) is 0 Å². The smallest absolute Gasteiger partial charge is 0.264 e. The Morgan fingerprint density at radius 2 is 1.68 bits per heavy atom. The molecule has 0 aliphatic heterocycles. The van der Waals surface area contributed by atoms with Crippen molar-refractivity contribution in [2.24, 2.45) is 7.05 Å². The summed E-state index contributed by atoms with van der Waals surface area (Å²) in [6, 6.07) is 14.6. The summed E-state index contributed by atoms with van der Waals surface area (Å²) in [4.78, 5) is 38.5. The summed E-state index contributed by atoms with van der Waals surface area (Å²) in [5, 5.41) is 3.24. The number of para-hydroxylation sites is 1. The number of amides is 1. The fraction of sp³-hybridized carbons (Fsp3) is 0.240. The van der Waals surface area contributed by atoms with Crippen LogP contribution < -0.4 is 15.6 Å². The summed E-state index contributed by atoms with van der Waals surface area (Å²) in [6.45, 7) is 5.37. The third-order valence-electron chi connectivity index (χ3n) is 5.49. The van der Waals surface area contributed by atoms with Gasteiger partial charge in [-0.3, -0.25) is 14.2 Å². The highest BCUT2D eigenvalue weighted by molar-refractivity contribution is 8.00. The predicted molar refractivity (Wildman–Crippen MR) is 144 cm³/mol. The average molecular weight is 539 g/mol. The van der Waals surface area contributed by atoms with Gasteiger partial charge in [0.2, 0.25) is 11.9 Å². The van der Waals surface area contributed by atoms with Crippen LogP contribution in [-0.4, -0.2) is 39.1 Å². The lowest BCUT2D eigenvalue weighted by molar-refractivity contribution is -0.115. The molecule has 2 aromatic carbocycles. The Labute approximate surface area is 218 Å². The van der Waals surface area contributed by atoms with E-state index in [0.29, 0.717) is 39.6 Å². The standard InChI is InChI=1S/C25H26N6O4S2/c1-5-21(36-25-29-20-9-7-6-8-19(20)23(33)31(25)4)22(32)28-17-10-12-18(13-11-17)37(34,35)30-24-26-15(2)14-16(3)27-24/h6-14,21H,5H2,1-4H3,(H,28,32)(H,26,27,30). The number of thioether (sulfide) groups is 1. The second-order valence-corrected chi connectivity index (χ2v) is 11.2. The number of benzene rings is 2. The molecule has 0 saturated carbocycles. The van der Waals surface area contributed by atoms with Crippen molar-refractivity contribution in [1.29, 1.82) is 0 Å². The zero-order valence-corrected chi connectivity index (χ0v) is 22.4. The highest BCUT2D eigenvalue weighted by Crippen LogP contribution is 2.26. The number of carbonyl (C=O) groups is 1. The Balaban J connectivity index is 1.47. The molecule has 0 fully saturated rings. The molecule has 4 aromatic rings. The first-order valence-electron chi connectivity index (χ1n) is 11.5. The van der Waals surface area contributed by atoms with Crippen LogP contribution >= 0.6 is 11.8 Å². The topological polar surface area (TPSA) is 136 Å². The molecule has 12 heteroatoms. The van der Waals surface area contributed by atoms with E-state index in [9.17, 15) is 18.0 Å². The summed E-state index contributed by atoms with van der Waals surface area (Å²) >= 11 is 1.20. The Hall–Kier alpha value is -3.77. The van der Waals surface area contributed by atoms with Crippen LogP contribution in [-0.2, 0) is 21.9 Å². The molecule has 0 aliphatic rings. The van der Waals surface area contributed by atoms with E-state index < -0.39 is 15.3 Å². The number of nitrogens with zero attached hydrogens (tertiary/aromatic N) is 4. The quantitative estimate of drug-likeness (QED) is 0.256. The fourth-order valence-electron chi connectivity index (χ4n) is 3.64. The zero-order valence-electron chi connectivity index (χ0n) is 20.7. The van der Waals surface area contributed by atoms with Crippen LogP contribution in [0.1, 0.15) is 24.7 Å². The van der Waals surface area contributed by atoms with E-state index in [4.69, 9.17) is 0 Å². The summed E-state index contributed by atoms with van der Waals surface area (Å²) in [5.41, 5.74) is 2.11. The van der Waals surface area contributed by atoms with Crippen molar-refractivity contribution in [1.82, 2.24) is 19.5 Å². The summed E-state index contributed by atoms with van der Waals surface area (Å²) in [6.07, 6.45) is 0.492. The maximum Gasteiger partial charge on any atom is 0.264 e. The zero-order chi connectivity index (χ0) is 26.7. The van der Waals surface area contributed by atoms with Crippen molar-refractivity contribution >= 4 is 50.2 Å². The van der Waals surface area contributed by atoms with Crippen molar-refractivity contribution in [3.05, 3.63) is 76.3 Å². The summed E-state index contributed by atoms with van der Waals surface area (Å²) in [5.74, 6) is -0.290. The molecular formula is C25H26N6O4S2. The lowest BCUT2D eigenvalue weighted by atomic mass is 10.2. The molecule has 2 heterocycles. The van der Waals surface area contributed by atoms with Crippen molar-refractivity contribution in [2.45, 2.75) is 42.5 Å². The van der Waals surface area contributed by atoms with Gasteiger partial charge in [-0.2, -0.15) is 0 Å². The minimum Gasteiger partial charge on any atom is -0.325 e. The highest BCUT2D eigenvalue weighted by Gasteiger charge is 2.22. The number of rotatable bonds is 8. The largest absolute Gasteiger partial charge is 0.325 e. The van der Waals surface area contributed by atoms with E-state index in [1.165, 1.54) is 40.6 Å². The molecule has 2 N–H and O–H groups in total. The number of aromatic nitrogens is 4. The Bertz CT molecular complexity index is 1620. The van der Waals surface area contributed by atoms with E-state index in [1.54, 1.807) is 45.2 Å². The lowest BCUT2D eigenvalue weighted by Gasteiger charge is -2.16. The molecule has 1 amide bonds. The molecule has 0 radical (unpaired) electrons. The Morgan fingerprint density at radius 3 is 2.32 bits per heavy atom. The SMILES string of the molecule is CCC(Sc1nc2ccccc2c(=O)n1C)C(=O)Nc1ccc(S(=O)(=O)Nc2nc(C)cc(C)n2)cc1. The molecule has 0 bridgehead atoms. The molecule has 192 valence electrons. The second-order valence-electron chi connectivity index (χ2n) is 8.38. The first kappa shape index (κ1) is 26.3. The monoisotopic (exact) mass is 538 g/mol. The Kier molecular flexibility index (Phi) is 7.60. The van der Waals surface area contributed by atoms with Gasteiger partial charge in [-0.25, -0.2) is 28.1 Å². The van der Waals surface area contributed by atoms with Crippen LogP contribution in [0.25, 0.3) is 10.9 Å². The number of nitrogens with one attached hydrogen (secondary N) is 2. The highest BCUT2D eigenvalue weighted by atomic mass is 32.2. The van der Waals surface area contributed by atoms with Gasteiger partial charge in [-0.05, 0) is 62.7 Å². The Morgan fingerprint density at radius 1 is 1.03 bits per heavy atom. The maximum atomic E-state index is 13.0. The van der Waals surface area contributed by atoms with Crippen LogP contribution in [0, 0.1) is 13.8 Å². The van der Waals surface area contributed by atoms with E-state index in [0.717, 1.165) is 0 Å². The van der Waals surface area contributed by atoms with Gasteiger partial charge in [0.15, 0.2) is 5.16 Å². The van der Waals surface area contributed by atoms with Gasteiger partial charge in [-0.15, -0.1) is 0 Å². The molecule has 37 heavy (non-hydrogen) atoms. The fourth-order valence-corrected chi connectivity index (χ4v) is 5.57. The van der Waals surface area contributed by atoms with Gasteiger partial charge < -0.3 is 5.32 Å². The van der Waals surface area contributed by atoms with Crippen LogP contribution in [0.4, 0.5) is 11.6 Å². The van der Waals surface area contributed by atoms with E-state index in [-0.39, 0.29) is 22.3 Å². The molecule has 2 aromatic heterocycles. The molecule has 0 spiro atoms. The summed E-state index contributed by atoms with van der Waals surface area (Å²) < 4.78 is 29.3. The summed E-state index contributed by atoms with van der Waals surface area (Å²) in [7, 11) is -2.28. The normalized spacial score (nSPS) is 12.3. The molecule has 0 aliphatic carbocycles. The van der Waals surface area contributed by atoms with Crippen LogP contribution in [0.5, 0.6) is 0 Å². The van der Waals surface area contributed by atoms with Gasteiger partial charge in [-0.1, -0.05) is 30.8 Å². The number of sulfonamides is 1. The van der Waals surface area contributed by atoms with E-state index >= 15 is 0 Å². The van der Waals surface area contributed by atoms with Gasteiger partial charge in [0, 0.05) is 24.1 Å². The third kappa shape index (κ3) is 5.97. The number of aryl methyl sites for hydroxylation is 2. The second kappa shape index (κ2) is 10.7. The van der Waals surface area contributed by atoms with Crippen molar-refractivity contribution in [2.75, 3.05) is 10.0 Å². The number of hydrogen-bond acceptors (Lipinski definition) is 8. The number of carbonyl (C=O) groups excluding carboxylic acids is 1. The lowest BCUT2D eigenvalue weighted by Crippen LogP contribution is -2.27.